The number of rotatable bonds is 13. The van der Waals surface area contributed by atoms with Crippen molar-refractivity contribution in [3.63, 3.8) is 0 Å². The minimum Gasteiger partial charge on any atom is -0.394 e. The number of aliphatic hydroxyl groups excluding tert-OH is 7. The van der Waals surface area contributed by atoms with Crippen LogP contribution in [0.25, 0.3) is 0 Å². The summed E-state index contributed by atoms with van der Waals surface area (Å²) in [5.41, 5.74) is 5.47. The first-order valence-electron chi connectivity index (χ1n) is 11.0. The molecule has 0 bridgehead atoms. The van der Waals surface area contributed by atoms with Crippen LogP contribution in [0.1, 0.15) is 20.8 Å². The third-order valence-corrected chi connectivity index (χ3v) is 5.73. The van der Waals surface area contributed by atoms with E-state index in [9.17, 15) is 45.3 Å². The maximum Gasteiger partial charge on any atom is 0.235 e. The number of primary amides is 1. The molecule has 1 heterocycles. The van der Waals surface area contributed by atoms with Crippen molar-refractivity contribution in [1.29, 1.82) is 0 Å². The summed E-state index contributed by atoms with van der Waals surface area (Å²) in [4.78, 5) is 25.2. The van der Waals surface area contributed by atoms with Gasteiger partial charge in [0.25, 0.3) is 0 Å². The number of amides is 2. The van der Waals surface area contributed by atoms with E-state index in [1.165, 1.54) is 11.8 Å². The van der Waals surface area contributed by atoms with E-state index in [1.807, 2.05) is 0 Å². The molecule has 200 valence electrons. The molecule has 0 saturated carbocycles. The van der Waals surface area contributed by atoms with Gasteiger partial charge in [-0.2, -0.15) is 0 Å². The Morgan fingerprint density at radius 3 is 2.15 bits per heavy atom. The molecule has 0 aromatic heterocycles. The monoisotopic (exact) mass is 497 g/mol. The first-order valence-corrected chi connectivity index (χ1v) is 11.0. The summed E-state index contributed by atoms with van der Waals surface area (Å²) in [7, 11) is 1.55. The lowest BCUT2D eigenvalue weighted by Gasteiger charge is -2.43. The average molecular weight is 498 g/mol. The van der Waals surface area contributed by atoms with Crippen LogP contribution in [-0.2, 0) is 19.1 Å². The molecule has 0 aliphatic carbocycles. The van der Waals surface area contributed by atoms with Crippen LogP contribution >= 0.6 is 0 Å². The Balaban J connectivity index is 3.19. The van der Waals surface area contributed by atoms with Gasteiger partial charge in [0.05, 0.1) is 25.3 Å². The molecule has 14 heteroatoms. The number of nitrogens with two attached hydrogens (primary N) is 1. The van der Waals surface area contributed by atoms with Gasteiger partial charge in [0.2, 0.25) is 11.8 Å². The Bertz CT molecular complexity index is 653. The fraction of sp³-hybridized carbons (Fsp3) is 0.900. The van der Waals surface area contributed by atoms with Crippen molar-refractivity contribution in [2.24, 2.45) is 11.7 Å². The number of hydrogen-bond donors (Lipinski definition) is 9. The third kappa shape index (κ3) is 7.78. The molecule has 0 radical (unpaired) electrons. The van der Waals surface area contributed by atoms with Crippen LogP contribution < -0.4 is 11.1 Å². The molecule has 10 atom stereocenters. The first kappa shape index (κ1) is 30.6. The Hall–Kier alpha value is -1.46. The van der Waals surface area contributed by atoms with E-state index < -0.39 is 86.1 Å². The highest BCUT2D eigenvalue weighted by Gasteiger charge is 2.47. The van der Waals surface area contributed by atoms with E-state index >= 15 is 0 Å². The first-order chi connectivity index (χ1) is 15.8. The topological polar surface area (TPSA) is 235 Å². The molecule has 1 aliphatic heterocycles. The van der Waals surface area contributed by atoms with Crippen molar-refractivity contribution < 1.29 is 54.8 Å². The van der Waals surface area contributed by atoms with Crippen molar-refractivity contribution in [1.82, 2.24) is 10.2 Å². The fourth-order valence-electron chi connectivity index (χ4n) is 4.04. The summed E-state index contributed by atoms with van der Waals surface area (Å²) >= 11 is 0. The van der Waals surface area contributed by atoms with Gasteiger partial charge in [-0.25, -0.2) is 0 Å². The van der Waals surface area contributed by atoms with E-state index in [1.54, 1.807) is 20.9 Å². The summed E-state index contributed by atoms with van der Waals surface area (Å²) in [6, 6.07) is -1.91. The highest BCUT2D eigenvalue weighted by atomic mass is 16.7. The largest absolute Gasteiger partial charge is 0.394 e. The number of hydrogen-bond acceptors (Lipinski definition) is 12. The average Bonchev–Trinajstić information content (AvgIpc) is 2.74. The zero-order valence-electron chi connectivity index (χ0n) is 19.8. The van der Waals surface area contributed by atoms with Crippen molar-refractivity contribution in [2.45, 2.75) is 81.9 Å². The Labute approximate surface area is 197 Å². The van der Waals surface area contributed by atoms with Crippen molar-refractivity contribution >= 4 is 11.8 Å². The molecular weight excluding hydrogens is 458 g/mol. The standard InChI is InChI=1S/C20H39N3O11/c1-8(2)13(19(21)32)23(4)5-10(22-9(3)26)14(28)18(11(27)6-24)34-20-17(31)16(30)15(29)12(7-25)33-20/h8,10-18,20,24-25,27-31H,5-7H2,1-4H3,(H2,21,32)(H,22,26). The summed E-state index contributed by atoms with van der Waals surface area (Å²) in [6.45, 7) is 2.96. The maximum atomic E-state index is 11.9. The summed E-state index contributed by atoms with van der Waals surface area (Å²) in [6.07, 6.45) is -13.4. The lowest BCUT2D eigenvalue weighted by molar-refractivity contribution is -0.325. The van der Waals surface area contributed by atoms with Crippen LogP contribution in [0, 0.1) is 5.92 Å². The molecule has 14 nitrogen and oxygen atoms in total. The van der Waals surface area contributed by atoms with Gasteiger partial charge in [-0.15, -0.1) is 0 Å². The number of aliphatic hydroxyl groups is 7. The van der Waals surface area contributed by atoms with Gasteiger partial charge in [0, 0.05) is 13.5 Å². The molecule has 0 spiro atoms. The number of nitrogens with one attached hydrogen (secondary N) is 1. The van der Waals surface area contributed by atoms with Gasteiger partial charge >= 0.3 is 0 Å². The van der Waals surface area contributed by atoms with Crippen LogP contribution in [0.2, 0.25) is 0 Å². The second-order valence-corrected chi connectivity index (χ2v) is 8.88. The number of carbonyl (C=O) groups is 2. The van der Waals surface area contributed by atoms with Gasteiger partial charge in [-0.05, 0) is 13.0 Å². The van der Waals surface area contributed by atoms with Crippen LogP contribution in [0.15, 0.2) is 0 Å². The van der Waals surface area contributed by atoms with Gasteiger partial charge in [0.1, 0.15) is 42.7 Å². The van der Waals surface area contributed by atoms with Crippen LogP contribution in [-0.4, -0.2) is 140 Å². The zero-order valence-corrected chi connectivity index (χ0v) is 19.8. The van der Waals surface area contributed by atoms with E-state index in [-0.39, 0.29) is 12.5 Å². The smallest absolute Gasteiger partial charge is 0.235 e. The number of carbonyl (C=O) groups excluding carboxylic acids is 2. The Morgan fingerprint density at radius 1 is 1.12 bits per heavy atom. The van der Waals surface area contributed by atoms with E-state index in [2.05, 4.69) is 5.32 Å². The minimum atomic E-state index is -1.83. The molecule has 0 aromatic carbocycles. The molecule has 1 aliphatic rings. The normalized spacial score (nSPS) is 30.0. The zero-order chi connectivity index (χ0) is 26.3. The van der Waals surface area contributed by atoms with E-state index in [0.717, 1.165) is 0 Å². The third-order valence-electron chi connectivity index (χ3n) is 5.73. The van der Waals surface area contributed by atoms with Crippen LogP contribution in [0.4, 0.5) is 0 Å². The molecule has 1 saturated heterocycles. The van der Waals surface area contributed by atoms with E-state index in [0.29, 0.717) is 0 Å². The molecule has 34 heavy (non-hydrogen) atoms. The van der Waals surface area contributed by atoms with Crippen molar-refractivity contribution in [2.75, 3.05) is 26.8 Å². The predicted octanol–water partition coefficient (Wildman–Crippen LogP) is -5.17. The molecule has 10 unspecified atom stereocenters. The molecular formula is C20H39N3O11. The molecule has 2 amide bonds. The lowest BCUT2D eigenvalue weighted by atomic mass is 9.96. The summed E-state index contributed by atoms with van der Waals surface area (Å²) in [5.74, 6) is -1.39. The summed E-state index contributed by atoms with van der Waals surface area (Å²) in [5, 5.41) is 72.8. The van der Waals surface area contributed by atoms with Crippen molar-refractivity contribution in [3.05, 3.63) is 0 Å². The van der Waals surface area contributed by atoms with E-state index in [4.69, 9.17) is 15.2 Å². The quantitative estimate of drug-likeness (QED) is 0.116. The Morgan fingerprint density at radius 2 is 1.71 bits per heavy atom. The predicted molar refractivity (Wildman–Crippen MR) is 116 cm³/mol. The summed E-state index contributed by atoms with van der Waals surface area (Å²) < 4.78 is 10.7. The van der Waals surface area contributed by atoms with Gasteiger partial charge in [-0.1, -0.05) is 13.8 Å². The molecule has 0 aromatic rings. The highest BCUT2D eigenvalue weighted by molar-refractivity contribution is 5.80. The second-order valence-electron chi connectivity index (χ2n) is 8.88. The van der Waals surface area contributed by atoms with Gasteiger partial charge < -0.3 is 56.3 Å². The SMILES string of the molecule is CC(=O)NC(CN(C)C(C(N)=O)C(C)C)C(O)C(OC1OC(CO)C(O)C(O)C1O)C(O)CO. The number of likely N-dealkylation sites (N-methyl/N-ethyl adjacent to an activating group) is 1. The van der Waals surface area contributed by atoms with Crippen molar-refractivity contribution in [3.8, 4) is 0 Å². The lowest BCUT2D eigenvalue weighted by Crippen LogP contribution is -2.63. The highest BCUT2D eigenvalue weighted by Crippen LogP contribution is 2.25. The molecule has 1 rings (SSSR count). The van der Waals surface area contributed by atoms with Crippen LogP contribution in [0.3, 0.4) is 0 Å². The van der Waals surface area contributed by atoms with Gasteiger partial charge in [0.15, 0.2) is 6.29 Å². The second kappa shape index (κ2) is 13.6. The molecule has 10 N–H and O–H groups in total. The number of ether oxygens (including phenoxy) is 2. The van der Waals surface area contributed by atoms with Gasteiger partial charge in [-0.3, -0.25) is 14.5 Å². The fourth-order valence-corrected chi connectivity index (χ4v) is 4.04. The Kier molecular flexibility index (Phi) is 12.2. The molecule has 1 fully saturated rings. The van der Waals surface area contributed by atoms with Crippen LogP contribution in [0.5, 0.6) is 0 Å². The number of nitrogens with zero attached hydrogens (tertiary/aromatic N) is 1. The maximum absolute atomic E-state index is 11.9. The minimum absolute atomic E-state index is 0.126.